The highest BCUT2D eigenvalue weighted by Crippen LogP contribution is 2.11. The van der Waals surface area contributed by atoms with Crippen molar-refractivity contribution in [2.24, 2.45) is 0 Å². The number of aliphatic hydroxyl groups is 1. The van der Waals surface area contributed by atoms with E-state index in [1.165, 1.54) is 12.1 Å². The van der Waals surface area contributed by atoms with Crippen molar-refractivity contribution >= 4 is 0 Å². The van der Waals surface area contributed by atoms with Gasteiger partial charge in [0, 0.05) is 6.42 Å². The first kappa shape index (κ1) is 13.5. The second kappa shape index (κ2) is 5.83. The fraction of sp³-hybridized carbons (Fsp3) is 0.333. The molecule has 1 aromatic carbocycles. The Hall–Kier alpha value is -1.89. The van der Waals surface area contributed by atoms with Gasteiger partial charge < -0.3 is 9.63 Å². The number of aromatic nitrogens is 2. The fourth-order valence-corrected chi connectivity index (χ4v) is 1.50. The lowest BCUT2D eigenvalue weighted by molar-refractivity contribution is -0.00754. The topological polar surface area (TPSA) is 59.2 Å². The van der Waals surface area contributed by atoms with Gasteiger partial charge in [0.15, 0.2) is 5.82 Å². The largest absolute Gasteiger partial charge is 0.387 e. The average molecular weight is 272 g/mol. The summed E-state index contributed by atoms with van der Waals surface area (Å²) in [6, 6.07) is 5.74. The highest BCUT2D eigenvalue weighted by molar-refractivity contribution is 5.19. The molecule has 4 nitrogen and oxygen atoms in total. The van der Waals surface area contributed by atoms with E-state index in [1.807, 2.05) is 0 Å². The second-order valence-corrected chi connectivity index (χ2v) is 4.01. The molecular formula is C12H11F3N2O2. The van der Waals surface area contributed by atoms with Crippen molar-refractivity contribution in [3.8, 4) is 0 Å². The van der Waals surface area contributed by atoms with E-state index >= 15 is 0 Å². The molecule has 0 spiro atoms. The lowest BCUT2D eigenvalue weighted by atomic mass is 10.1. The molecule has 0 aliphatic rings. The molecule has 1 heterocycles. The van der Waals surface area contributed by atoms with Crippen molar-refractivity contribution in [3.63, 3.8) is 0 Å². The van der Waals surface area contributed by atoms with E-state index in [2.05, 4.69) is 10.1 Å². The Labute approximate surface area is 106 Å². The first-order valence-corrected chi connectivity index (χ1v) is 5.56. The van der Waals surface area contributed by atoms with Crippen LogP contribution < -0.4 is 0 Å². The molecule has 0 aliphatic heterocycles. The molecule has 2 rings (SSSR count). The van der Waals surface area contributed by atoms with Gasteiger partial charge in [-0.3, -0.25) is 0 Å². The quantitative estimate of drug-likeness (QED) is 0.904. The van der Waals surface area contributed by atoms with Crippen LogP contribution in [0.15, 0.2) is 28.8 Å². The van der Waals surface area contributed by atoms with Gasteiger partial charge in [0.05, 0.1) is 6.42 Å². The molecule has 1 aromatic heterocycles. The number of rotatable bonds is 5. The van der Waals surface area contributed by atoms with Crippen LogP contribution in [0.4, 0.5) is 13.2 Å². The molecule has 102 valence electrons. The van der Waals surface area contributed by atoms with Gasteiger partial charge in [0.1, 0.15) is 11.9 Å². The third kappa shape index (κ3) is 3.78. The Balaban J connectivity index is 1.99. The third-order valence-electron chi connectivity index (χ3n) is 2.46. The summed E-state index contributed by atoms with van der Waals surface area (Å²) in [5.41, 5.74) is 0.767. The summed E-state index contributed by atoms with van der Waals surface area (Å²) < 4.78 is 41.7. The number of halogens is 3. The fourth-order valence-electron chi connectivity index (χ4n) is 1.50. The van der Waals surface area contributed by atoms with Crippen LogP contribution >= 0.6 is 0 Å². The molecule has 19 heavy (non-hydrogen) atoms. The minimum absolute atomic E-state index is 0.0510. The molecule has 1 N–H and O–H groups in total. The summed E-state index contributed by atoms with van der Waals surface area (Å²) in [6.07, 6.45) is -4.77. The minimum atomic E-state index is -2.85. The number of nitrogens with zero attached hydrogens (tertiary/aromatic N) is 2. The van der Waals surface area contributed by atoms with Crippen molar-refractivity contribution in [1.29, 1.82) is 0 Å². The van der Waals surface area contributed by atoms with Crippen LogP contribution in [0.25, 0.3) is 0 Å². The van der Waals surface area contributed by atoms with E-state index in [9.17, 15) is 13.2 Å². The Kier molecular flexibility index (Phi) is 4.16. The number of hydrogen-bond acceptors (Lipinski definition) is 4. The van der Waals surface area contributed by atoms with Gasteiger partial charge in [-0.25, -0.2) is 13.2 Å². The predicted molar refractivity (Wildman–Crippen MR) is 59.2 cm³/mol. The third-order valence-corrected chi connectivity index (χ3v) is 2.46. The zero-order chi connectivity index (χ0) is 13.8. The van der Waals surface area contributed by atoms with Gasteiger partial charge in [-0.05, 0) is 17.7 Å². The highest BCUT2D eigenvalue weighted by Gasteiger charge is 2.20. The molecule has 7 heteroatoms. The Morgan fingerprint density at radius 1 is 1.21 bits per heavy atom. The van der Waals surface area contributed by atoms with Crippen LogP contribution in [-0.4, -0.2) is 27.8 Å². The number of hydrogen-bond donors (Lipinski definition) is 1. The molecule has 0 bridgehead atoms. The normalized spacial score (nSPS) is 12.9. The van der Waals surface area contributed by atoms with Crippen LogP contribution in [-0.2, 0) is 12.8 Å². The van der Waals surface area contributed by atoms with Gasteiger partial charge >= 0.3 is 0 Å². The van der Waals surface area contributed by atoms with Crippen molar-refractivity contribution in [2.45, 2.75) is 25.4 Å². The van der Waals surface area contributed by atoms with Crippen molar-refractivity contribution < 1.29 is 22.8 Å². The standard InChI is InChI=1S/C12H11F3N2O2/c13-8-3-1-7(2-4-8)5-10-16-11(19-17-10)6-9(18)12(14)15/h1-4,9,12,18H,5-6H2. The SMILES string of the molecule is OC(Cc1nc(Cc2ccc(F)cc2)no1)C(F)F. The monoisotopic (exact) mass is 272 g/mol. The summed E-state index contributed by atoms with van der Waals surface area (Å²) >= 11 is 0. The highest BCUT2D eigenvalue weighted by atomic mass is 19.3. The maximum absolute atomic E-state index is 12.7. The molecule has 0 fully saturated rings. The molecule has 1 unspecified atom stereocenters. The molecule has 0 radical (unpaired) electrons. The summed E-state index contributed by atoms with van der Waals surface area (Å²) in [5, 5.41) is 12.6. The number of aliphatic hydroxyl groups excluding tert-OH is 1. The maximum atomic E-state index is 12.7. The lowest BCUT2D eigenvalue weighted by Crippen LogP contribution is -2.20. The first-order valence-electron chi connectivity index (χ1n) is 5.56. The summed E-state index contributed by atoms with van der Waals surface area (Å²) in [4.78, 5) is 3.89. The van der Waals surface area contributed by atoms with Crippen LogP contribution in [0, 0.1) is 5.82 Å². The van der Waals surface area contributed by atoms with E-state index in [0.717, 1.165) is 5.56 Å². The van der Waals surface area contributed by atoms with Crippen LogP contribution in [0.3, 0.4) is 0 Å². The summed E-state index contributed by atoms with van der Waals surface area (Å²) in [6.45, 7) is 0. The number of benzene rings is 1. The smallest absolute Gasteiger partial charge is 0.264 e. The van der Waals surface area contributed by atoms with Gasteiger partial charge in [-0.15, -0.1) is 0 Å². The van der Waals surface area contributed by atoms with E-state index in [1.54, 1.807) is 12.1 Å². The van der Waals surface area contributed by atoms with Crippen molar-refractivity contribution in [3.05, 3.63) is 47.4 Å². The Morgan fingerprint density at radius 3 is 2.53 bits per heavy atom. The second-order valence-electron chi connectivity index (χ2n) is 4.01. The molecular weight excluding hydrogens is 261 g/mol. The molecule has 0 aliphatic carbocycles. The zero-order valence-corrected chi connectivity index (χ0v) is 9.76. The number of alkyl halides is 2. The van der Waals surface area contributed by atoms with Crippen LogP contribution in [0.5, 0.6) is 0 Å². The van der Waals surface area contributed by atoms with Gasteiger partial charge in [0.2, 0.25) is 5.89 Å². The van der Waals surface area contributed by atoms with Gasteiger partial charge in [-0.2, -0.15) is 4.98 Å². The molecule has 0 saturated heterocycles. The van der Waals surface area contributed by atoms with Crippen molar-refractivity contribution in [2.75, 3.05) is 0 Å². The zero-order valence-electron chi connectivity index (χ0n) is 9.76. The molecule has 1 atom stereocenters. The van der Waals surface area contributed by atoms with E-state index in [4.69, 9.17) is 9.63 Å². The van der Waals surface area contributed by atoms with E-state index in [-0.39, 0.29) is 11.7 Å². The molecule has 2 aromatic rings. The average Bonchev–Trinajstić information content (AvgIpc) is 2.79. The molecule has 0 amide bonds. The van der Waals surface area contributed by atoms with Crippen LogP contribution in [0.2, 0.25) is 0 Å². The lowest BCUT2D eigenvalue weighted by Gasteiger charge is -2.04. The minimum Gasteiger partial charge on any atom is -0.387 e. The van der Waals surface area contributed by atoms with Gasteiger partial charge in [-0.1, -0.05) is 17.3 Å². The first-order chi connectivity index (χ1) is 9.04. The van der Waals surface area contributed by atoms with Gasteiger partial charge in [0.25, 0.3) is 6.43 Å². The van der Waals surface area contributed by atoms with Crippen LogP contribution in [0.1, 0.15) is 17.3 Å². The molecule has 0 saturated carbocycles. The summed E-state index contributed by atoms with van der Waals surface area (Å²) in [5.74, 6) is -0.106. The maximum Gasteiger partial charge on any atom is 0.264 e. The van der Waals surface area contributed by atoms with E-state index < -0.39 is 19.0 Å². The predicted octanol–water partition coefficient (Wildman–Crippen LogP) is 1.97. The Morgan fingerprint density at radius 2 is 1.89 bits per heavy atom. The summed E-state index contributed by atoms with van der Waals surface area (Å²) in [7, 11) is 0. The van der Waals surface area contributed by atoms with Crippen molar-refractivity contribution in [1.82, 2.24) is 10.1 Å². The Bertz CT molecular complexity index is 528. The van der Waals surface area contributed by atoms with E-state index in [0.29, 0.717) is 12.2 Å².